The molecule has 0 radical (unpaired) electrons. The molecule has 0 atom stereocenters. The fraction of sp³-hybridized carbons (Fsp3) is 0.647. The van der Waals surface area contributed by atoms with Gasteiger partial charge in [0.25, 0.3) is 0 Å². The van der Waals surface area contributed by atoms with Crippen LogP contribution in [0.5, 0.6) is 5.75 Å². The molecule has 2 heteroatoms. The zero-order valence-electron chi connectivity index (χ0n) is 12.8. The van der Waals surface area contributed by atoms with E-state index in [0.717, 1.165) is 25.4 Å². The van der Waals surface area contributed by atoms with Crippen LogP contribution < -0.4 is 10.1 Å². The summed E-state index contributed by atoms with van der Waals surface area (Å²) in [5.41, 5.74) is 2.51. The van der Waals surface area contributed by atoms with E-state index in [4.69, 9.17) is 4.74 Å². The van der Waals surface area contributed by atoms with Crippen LogP contribution in [0.2, 0.25) is 0 Å². The lowest BCUT2D eigenvalue weighted by Gasteiger charge is -2.10. The molecule has 0 bridgehead atoms. The van der Waals surface area contributed by atoms with Crippen LogP contribution in [0.4, 0.5) is 0 Å². The van der Waals surface area contributed by atoms with Crippen molar-refractivity contribution in [3.05, 3.63) is 29.3 Å². The van der Waals surface area contributed by atoms with E-state index in [-0.39, 0.29) is 0 Å². The van der Waals surface area contributed by atoms with Crippen LogP contribution in [-0.2, 0) is 0 Å². The maximum Gasteiger partial charge on any atom is 0.122 e. The Morgan fingerprint density at radius 2 is 1.79 bits per heavy atom. The van der Waals surface area contributed by atoms with Crippen molar-refractivity contribution in [2.75, 3.05) is 19.7 Å². The van der Waals surface area contributed by atoms with Crippen LogP contribution in [0.25, 0.3) is 0 Å². The van der Waals surface area contributed by atoms with Crippen LogP contribution in [0.3, 0.4) is 0 Å². The molecule has 19 heavy (non-hydrogen) atoms. The Morgan fingerprint density at radius 1 is 1.00 bits per heavy atom. The highest BCUT2D eigenvalue weighted by molar-refractivity contribution is 5.35. The number of hydrogen-bond acceptors (Lipinski definition) is 2. The Balaban J connectivity index is 2.01. The molecule has 1 rings (SSSR count). The summed E-state index contributed by atoms with van der Waals surface area (Å²) in [7, 11) is 0. The third kappa shape index (κ3) is 7.22. The molecule has 0 fully saturated rings. The summed E-state index contributed by atoms with van der Waals surface area (Å²) >= 11 is 0. The summed E-state index contributed by atoms with van der Waals surface area (Å²) < 4.78 is 5.77. The van der Waals surface area contributed by atoms with Crippen molar-refractivity contribution >= 4 is 0 Å². The van der Waals surface area contributed by atoms with Crippen molar-refractivity contribution in [2.24, 2.45) is 0 Å². The normalized spacial score (nSPS) is 10.7. The van der Waals surface area contributed by atoms with Gasteiger partial charge in [0.15, 0.2) is 0 Å². The number of nitrogens with one attached hydrogen (secondary N) is 1. The van der Waals surface area contributed by atoms with E-state index in [1.807, 2.05) is 0 Å². The predicted octanol–water partition coefficient (Wildman–Crippen LogP) is 4.24. The molecule has 108 valence electrons. The third-order valence-corrected chi connectivity index (χ3v) is 3.32. The number of rotatable bonds is 10. The van der Waals surface area contributed by atoms with Gasteiger partial charge in [-0.3, -0.25) is 0 Å². The first-order chi connectivity index (χ1) is 9.24. The summed E-state index contributed by atoms with van der Waals surface area (Å²) in [5.74, 6) is 1.01. The first-order valence-electron chi connectivity index (χ1n) is 7.65. The van der Waals surface area contributed by atoms with E-state index in [1.54, 1.807) is 0 Å². The van der Waals surface area contributed by atoms with Gasteiger partial charge in [-0.05, 0) is 38.4 Å². The molecule has 0 amide bonds. The minimum Gasteiger partial charge on any atom is -0.492 e. The number of unbranched alkanes of at least 4 members (excludes halogenated alkanes) is 4. The lowest BCUT2D eigenvalue weighted by molar-refractivity contribution is 0.311. The fourth-order valence-corrected chi connectivity index (χ4v) is 2.17. The van der Waals surface area contributed by atoms with Gasteiger partial charge in [0.2, 0.25) is 0 Å². The molecule has 0 heterocycles. The molecule has 0 aromatic heterocycles. The van der Waals surface area contributed by atoms with E-state index in [1.165, 1.54) is 43.2 Å². The maximum atomic E-state index is 5.77. The average molecular weight is 263 g/mol. The zero-order valence-corrected chi connectivity index (χ0v) is 12.8. The van der Waals surface area contributed by atoms with Gasteiger partial charge in [-0.2, -0.15) is 0 Å². The highest BCUT2D eigenvalue weighted by atomic mass is 16.5. The van der Waals surface area contributed by atoms with Gasteiger partial charge in [-0.25, -0.2) is 0 Å². The molecular weight excluding hydrogens is 234 g/mol. The molecule has 0 aliphatic rings. The van der Waals surface area contributed by atoms with E-state index in [0.29, 0.717) is 0 Å². The number of ether oxygens (including phenoxy) is 1. The smallest absolute Gasteiger partial charge is 0.122 e. The first-order valence-corrected chi connectivity index (χ1v) is 7.65. The second-order valence-corrected chi connectivity index (χ2v) is 5.28. The molecule has 2 nitrogen and oxygen atoms in total. The Hall–Kier alpha value is -1.02. The Kier molecular flexibility index (Phi) is 8.31. The summed E-state index contributed by atoms with van der Waals surface area (Å²) in [6, 6.07) is 6.33. The molecule has 0 saturated carbocycles. The minimum absolute atomic E-state index is 0.749. The van der Waals surface area contributed by atoms with Crippen LogP contribution in [0, 0.1) is 13.8 Å². The summed E-state index contributed by atoms with van der Waals surface area (Å²) in [5, 5.41) is 3.44. The van der Waals surface area contributed by atoms with E-state index in [9.17, 15) is 0 Å². The van der Waals surface area contributed by atoms with Crippen molar-refractivity contribution in [3.8, 4) is 5.75 Å². The standard InChI is InChI=1S/C17H29NO/c1-4-5-6-7-8-11-18-12-13-19-17-10-9-15(2)14-16(17)3/h9-10,14,18H,4-8,11-13H2,1-3H3. The van der Waals surface area contributed by atoms with Gasteiger partial charge in [-0.15, -0.1) is 0 Å². The van der Waals surface area contributed by atoms with Gasteiger partial charge >= 0.3 is 0 Å². The summed E-state index contributed by atoms with van der Waals surface area (Å²) in [6.07, 6.45) is 6.69. The molecule has 1 aromatic carbocycles. The fourth-order valence-electron chi connectivity index (χ4n) is 2.17. The maximum absolute atomic E-state index is 5.77. The molecular formula is C17H29NO. The first kappa shape index (κ1) is 16.0. The highest BCUT2D eigenvalue weighted by Gasteiger charge is 1.98. The van der Waals surface area contributed by atoms with Gasteiger partial charge in [0.1, 0.15) is 12.4 Å². The van der Waals surface area contributed by atoms with Crippen LogP contribution in [-0.4, -0.2) is 19.7 Å². The molecule has 0 aliphatic carbocycles. The largest absolute Gasteiger partial charge is 0.492 e. The third-order valence-electron chi connectivity index (χ3n) is 3.32. The predicted molar refractivity (Wildman–Crippen MR) is 83.0 cm³/mol. The van der Waals surface area contributed by atoms with Crippen LogP contribution in [0.15, 0.2) is 18.2 Å². The van der Waals surface area contributed by atoms with Crippen LogP contribution >= 0.6 is 0 Å². The van der Waals surface area contributed by atoms with Crippen molar-refractivity contribution in [2.45, 2.75) is 52.9 Å². The monoisotopic (exact) mass is 263 g/mol. The van der Waals surface area contributed by atoms with E-state index < -0.39 is 0 Å². The second-order valence-electron chi connectivity index (χ2n) is 5.28. The van der Waals surface area contributed by atoms with Crippen LogP contribution in [0.1, 0.15) is 50.2 Å². The molecule has 1 N–H and O–H groups in total. The zero-order chi connectivity index (χ0) is 13.9. The molecule has 0 unspecified atom stereocenters. The van der Waals surface area contributed by atoms with Crippen molar-refractivity contribution in [1.82, 2.24) is 5.32 Å². The van der Waals surface area contributed by atoms with E-state index >= 15 is 0 Å². The number of benzene rings is 1. The lowest BCUT2D eigenvalue weighted by Crippen LogP contribution is -2.22. The highest BCUT2D eigenvalue weighted by Crippen LogP contribution is 2.18. The summed E-state index contributed by atoms with van der Waals surface area (Å²) in [6.45, 7) is 9.25. The number of hydrogen-bond donors (Lipinski definition) is 1. The lowest BCUT2D eigenvalue weighted by atomic mass is 10.1. The van der Waals surface area contributed by atoms with Gasteiger partial charge < -0.3 is 10.1 Å². The Bertz CT molecular complexity index is 349. The van der Waals surface area contributed by atoms with Gasteiger partial charge in [0, 0.05) is 6.54 Å². The second kappa shape index (κ2) is 9.85. The molecule has 0 spiro atoms. The SMILES string of the molecule is CCCCCCCNCCOc1ccc(C)cc1C. The van der Waals surface area contributed by atoms with Crippen molar-refractivity contribution in [1.29, 1.82) is 0 Å². The van der Waals surface area contributed by atoms with Gasteiger partial charge in [-0.1, -0.05) is 50.3 Å². The van der Waals surface area contributed by atoms with Gasteiger partial charge in [0.05, 0.1) is 0 Å². The number of aryl methyl sites for hydroxylation is 2. The molecule has 0 aliphatic heterocycles. The minimum atomic E-state index is 0.749. The Labute approximate surface area is 118 Å². The molecule has 0 saturated heterocycles. The average Bonchev–Trinajstić information content (AvgIpc) is 2.39. The van der Waals surface area contributed by atoms with Crippen molar-refractivity contribution < 1.29 is 4.74 Å². The Morgan fingerprint density at radius 3 is 2.53 bits per heavy atom. The quantitative estimate of drug-likeness (QED) is 0.637. The topological polar surface area (TPSA) is 21.3 Å². The van der Waals surface area contributed by atoms with E-state index in [2.05, 4.69) is 44.3 Å². The summed E-state index contributed by atoms with van der Waals surface area (Å²) in [4.78, 5) is 0. The van der Waals surface area contributed by atoms with Crippen molar-refractivity contribution in [3.63, 3.8) is 0 Å². The molecule has 1 aromatic rings.